The fourth-order valence-corrected chi connectivity index (χ4v) is 3.06. The summed E-state index contributed by atoms with van der Waals surface area (Å²) < 4.78 is 32.1. The van der Waals surface area contributed by atoms with E-state index in [0.717, 1.165) is 5.56 Å². The zero-order chi connectivity index (χ0) is 14.1. The number of ether oxygens (including phenoxy) is 1. The van der Waals surface area contributed by atoms with Crippen LogP contribution in [0, 0.1) is 0 Å². The van der Waals surface area contributed by atoms with Gasteiger partial charge in [-0.2, -0.15) is 0 Å². The maximum Gasteiger partial charge on any atom is 0.248 e. The van der Waals surface area contributed by atoms with Crippen LogP contribution in [0.1, 0.15) is 31.2 Å². The molecule has 0 aromatic heterocycles. The maximum absolute atomic E-state index is 13.4. The van der Waals surface area contributed by atoms with Crippen LogP contribution in [0.5, 0.6) is 5.75 Å². The predicted octanol–water partition coefficient (Wildman–Crippen LogP) is 3.75. The molecule has 0 unspecified atom stereocenters. The SMILES string of the molecule is COc1c(Cl)cccc1C1(CN)CCC(F)(F)CC1. The predicted molar refractivity (Wildman–Crippen MR) is 72.2 cm³/mol. The second-order valence-electron chi connectivity index (χ2n) is 5.16. The first-order valence-corrected chi connectivity index (χ1v) is 6.73. The van der Waals surface area contributed by atoms with Crippen LogP contribution in [0.2, 0.25) is 5.02 Å². The minimum absolute atomic E-state index is 0.139. The summed E-state index contributed by atoms with van der Waals surface area (Å²) in [7, 11) is 1.53. The van der Waals surface area contributed by atoms with Crippen LogP contribution in [0.25, 0.3) is 0 Å². The fraction of sp³-hybridized carbons (Fsp3) is 0.571. The zero-order valence-electron chi connectivity index (χ0n) is 10.9. The molecular formula is C14H18ClF2NO. The first-order valence-electron chi connectivity index (χ1n) is 6.35. The summed E-state index contributed by atoms with van der Waals surface area (Å²) in [4.78, 5) is 0. The lowest BCUT2D eigenvalue weighted by atomic mass is 9.68. The van der Waals surface area contributed by atoms with E-state index in [1.165, 1.54) is 7.11 Å². The van der Waals surface area contributed by atoms with Crippen molar-refractivity contribution < 1.29 is 13.5 Å². The minimum atomic E-state index is -2.58. The van der Waals surface area contributed by atoms with Gasteiger partial charge in [0.25, 0.3) is 0 Å². The third-order valence-corrected chi connectivity index (χ3v) is 4.37. The molecule has 0 heterocycles. The Morgan fingerprint density at radius 2 is 1.89 bits per heavy atom. The van der Waals surface area contributed by atoms with Crippen molar-refractivity contribution in [1.29, 1.82) is 0 Å². The van der Waals surface area contributed by atoms with Crippen molar-refractivity contribution in [3.8, 4) is 5.75 Å². The summed E-state index contributed by atoms with van der Waals surface area (Å²) in [5, 5.41) is 0.491. The lowest BCUT2D eigenvalue weighted by Gasteiger charge is -2.40. The average Bonchev–Trinajstić information content (AvgIpc) is 2.39. The van der Waals surface area contributed by atoms with Gasteiger partial charge in [-0.3, -0.25) is 0 Å². The molecule has 0 bridgehead atoms. The van der Waals surface area contributed by atoms with Gasteiger partial charge in [0.15, 0.2) is 0 Å². The second-order valence-corrected chi connectivity index (χ2v) is 5.57. The number of methoxy groups -OCH3 is 1. The summed E-state index contributed by atoms with van der Waals surface area (Å²) in [6.45, 7) is 0.319. The Balaban J connectivity index is 2.40. The largest absolute Gasteiger partial charge is 0.495 e. The lowest BCUT2D eigenvalue weighted by molar-refractivity contribution is -0.0511. The molecule has 1 fully saturated rings. The van der Waals surface area contributed by atoms with E-state index in [1.807, 2.05) is 12.1 Å². The zero-order valence-corrected chi connectivity index (χ0v) is 11.6. The van der Waals surface area contributed by atoms with Crippen LogP contribution >= 0.6 is 11.6 Å². The van der Waals surface area contributed by atoms with Crippen LogP contribution in [0.15, 0.2) is 18.2 Å². The molecule has 0 saturated heterocycles. The molecule has 0 amide bonds. The molecule has 2 nitrogen and oxygen atoms in total. The standard InChI is InChI=1S/C14H18ClF2NO/c1-19-12-10(3-2-4-11(12)15)13(9-18)5-7-14(16,17)8-6-13/h2-4H,5-9,18H2,1H3. The van der Waals surface area contributed by atoms with Crippen molar-refractivity contribution in [1.82, 2.24) is 0 Å². The van der Waals surface area contributed by atoms with Crippen LogP contribution in [-0.2, 0) is 5.41 Å². The van der Waals surface area contributed by atoms with Gasteiger partial charge < -0.3 is 10.5 Å². The Morgan fingerprint density at radius 1 is 1.26 bits per heavy atom. The highest BCUT2D eigenvalue weighted by Crippen LogP contribution is 2.48. The molecule has 0 aliphatic heterocycles. The smallest absolute Gasteiger partial charge is 0.248 e. The maximum atomic E-state index is 13.4. The van der Waals surface area contributed by atoms with E-state index in [4.69, 9.17) is 22.1 Å². The van der Waals surface area contributed by atoms with Gasteiger partial charge in [0, 0.05) is 30.4 Å². The molecule has 106 valence electrons. The number of halogens is 3. The van der Waals surface area contributed by atoms with Crippen molar-refractivity contribution in [3.63, 3.8) is 0 Å². The van der Waals surface area contributed by atoms with Crippen LogP contribution < -0.4 is 10.5 Å². The van der Waals surface area contributed by atoms with Gasteiger partial charge in [0.2, 0.25) is 5.92 Å². The molecule has 0 spiro atoms. The van der Waals surface area contributed by atoms with Gasteiger partial charge in [-0.25, -0.2) is 8.78 Å². The number of para-hydroxylation sites is 1. The van der Waals surface area contributed by atoms with Gasteiger partial charge >= 0.3 is 0 Å². The Labute approximate surface area is 116 Å². The molecular weight excluding hydrogens is 272 g/mol. The highest BCUT2D eigenvalue weighted by atomic mass is 35.5. The van der Waals surface area contributed by atoms with E-state index >= 15 is 0 Å². The van der Waals surface area contributed by atoms with Crippen molar-refractivity contribution in [2.45, 2.75) is 37.0 Å². The molecule has 0 radical (unpaired) electrons. The number of hydrogen-bond acceptors (Lipinski definition) is 2. The number of alkyl halides is 2. The van der Waals surface area contributed by atoms with Crippen molar-refractivity contribution in [3.05, 3.63) is 28.8 Å². The molecule has 1 saturated carbocycles. The summed E-state index contributed by atoms with van der Waals surface area (Å²) in [5.74, 6) is -2.02. The van der Waals surface area contributed by atoms with E-state index in [2.05, 4.69) is 0 Å². The summed E-state index contributed by atoms with van der Waals surface area (Å²) in [6.07, 6.45) is 0.431. The lowest BCUT2D eigenvalue weighted by Crippen LogP contribution is -2.42. The van der Waals surface area contributed by atoms with Crippen LogP contribution in [0.4, 0.5) is 8.78 Å². The van der Waals surface area contributed by atoms with Crippen molar-refractivity contribution >= 4 is 11.6 Å². The molecule has 2 rings (SSSR count). The van der Waals surface area contributed by atoms with E-state index in [0.29, 0.717) is 30.2 Å². The quantitative estimate of drug-likeness (QED) is 0.920. The monoisotopic (exact) mass is 289 g/mol. The van der Waals surface area contributed by atoms with Gasteiger partial charge in [-0.15, -0.1) is 0 Å². The molecule has 1 aliphatic rings. The van der Waals surface area contributed by atoms with Crippen molar-refractivity contribution in [2.24, 2.45) is 5.73 Å². The van der Waals surface area contributed by atoms with Gasteiger partial charge in [0.1, 0.15) is 5.75 Å². The third-order valence-electron chi connectivity index (χ3n) is 4.07. The fourth-order valence-electron chi connectivity index (χ4n) is 2.81. The van der Waals surface area contributed by atoms with E-state index in [-0.39, 0.29) is 12.8 Å². The van der Waals surface area contributed by atoms with E-state index < -0.39 is 11.3 Å². The number of benzene rings is 1. The molecule has 0 atom stereocenters. The van der Waals surface area contributed by atoms with Gasteiger partial charge in [0.05, 0.1) is 12.1 Å². The number of hydrogen-bond donors (Lipinski definition) is 1. The Hall–Kier alpha value is -0.870. The first kappa shape index (κ1) is 14.5. The minimum Gasteiger partial charge on any atom is -0.495 e. The van der Waals surface area contributed by atoms with Gasteiger partial charge in [-0.05, 0) is 18.9 Å². The molecule has 19 heavy (non-hydrogen) atoms. The summed E-state index contributed by atoms with van der Waals surface area (Å²) in [6, 6.07) is 5.41. The Kier molecular flexibility index (Phi) is 4.02. The first-order chi connectivity index (χ1) is 8.94. The molecule has 1 aromatic rings. The highest BCUT2D eigenvalue weighted by Gasteiger charge is 2.44. The third kappa shape index (κ3) is 2.70. The van der Waals surface area contributed by atoms with Crippen LogP contribution in [0.3, 0.4) is 0 Å². The Bertz CT molecular complexity index is 455. The summed E-state index contributed by atoms with van der Waals surface area (Å²) in [5.41, 5.74) is 6.28. The van der Waals surface area contributed by atoms with E-state index in [1.54, 1.807) is 6.07 Å². The number of nitrogens with two attached hydrogens (primary N) is 1. The average molecular weight is 290 g/mol. The normalized spacial score (nSPS) is 21.1. The molecule has 5 heteroatoms. The molecule has 2 N–H and O–H groups in total. The van der Waals surface area contributed by atoms with E-state index in [9.17, 15) is 8.78 Å². The molecule has 1 aromatic carbocycles. The van der Waals surface area contributed by atoms with Crippen molar-refractivity contribution in [2.75, 3.05) is 13.7 Å². The Morgan fingerprint density at radius 3 is 2.42 bits per heavy atom. The molecule has 1 aliphatic carbocycles. The van der Waals surface area contributed by atoms with Gasteiger partial charge in [-0.1, -0.05) is 23.7 Å². The summed E-state index contributed by atoms with van der Waals surface area (Å²) >= 11 is 6.11. The second kappa shape index (κ2) is 5.25. The highest BCUT2D eigenvalue weighted by molar-refractivity contribution is 6.32. The van der Waals surface area contributed by atoms with Crippen LogP contribution in [-0.4, -0.2) is 19.6 Å². The number of rotatable bonds is 3. The topological polar surface area (TPSA) is 35.2 Å².